The zero-order chi connectivity index (χ0) is 25.6. The van der Waals surface area contributed by atoms with Gasteiger partial charge >= 0.3 is 5.97 Å². The molecule has 1 unspecified atom stereocenters. The molecule has 0 bridgehead atoms. The average Bonchev–Trinajstić information content (AvgIpc) is 3.25. The molecule has 0 spiro atoms. The second-order valence-electron chi connectivity index (χ2n) is 9.11. The summed E-state index contributed by atoms with van der Waals surface area (Å²) < 4.78 is 6.10. The number of carbonyl (C=O) groups excluding carboxylic acids is 1. The van der Waals surface area contributed by atoms with E-state index < -0.39 is 12.2 Å². The summed E-state index contributed by atoms with van der Waals surface area (Å²) in [6.07, 6.45) is -0.432. The number of fused-ring (bicyclic) bond motifs is 1. The van der Waals surface area contributed by atoms with Gasteiger partial charge in [-0.2, -0.15) is 0 Å². The van der Waals surface area contributed by atoms with Crippen LogP contribution in [0, 0.1) is 20.8 Å². The highest BCUT2D eigenvalue weighted by Gasteiger charge is 2.31. The molecule has 1 aromatic heterocycles. The number of aromatic carboxylic acids is 1. The Hall–Kier alpha value is -3.97. The molecule has 1 aliphatic rings. The minimum Gasteiger partial charge on any atom is -0.478 e. The van der Waals surface area contributed by atoms with Gasteiger partial charge in [-0.1, -0.05) is 48.0 Å². The van der Waals surface area contributed by atoms with Crippen LogP contribution in [0.4, 0.5) is 0 Å². The number of aryl methyl sites for hydroxylation is 3. The average molecular weight is 499 g/mol. The molecule has 0 aliphatic carbocycles. The van der Waals surface area contributed by atoms with Crippen molar-refractivity contribution in [2.75, 3.05) is 0 Å². The number of rotatable bonds is 4. The Kier molecular flexibility index (Phi) is 6.10. The second kappa shape index (κ2) is 9.24. The van der Waals surface area contributed by atoms with Crippen LogP contribution in [0.2, 0.25) is 0 Å². The minimum atomic E-state index is -0.953. The van der Waals surface area contributed by atoms with Crippen LogP contribution < -0.4 is 4.74 Å². The van der Waals surface area contributed by atoms with Gasteiger partial charge in [0.15, 0.2) is 6.23 Å². The fourth-order valence-corrected chi connectivity index (χ4v) is 5.40. The zero-order valence-electron chi connectivity index (χ0n) is 20.5. The molecule has 3 aromatic carbocycles. The predicted octanol–water partition coefficient (Wildman–Crippen LogP) is 6.48. The Morgan fingerprint density at radius 3 is 2.36 bits per heavy atom. The molecule has 4 aromatic rings. The molecule has 7 heteroatoms. The fraction of sp³-hybridized carbons (Fsp3) is 0.207. The number of hydrogen-bond donors (Lipinski definition) is 1. The number of carboxylic acid groups (broad SMARTS) is 1. The molecule has 6 nitrogen and oxygen atoms in total. The third kappa shape index (κ3) is 4.38. The van der Waals surface area contributed by atoms with Gasteiger partial charge in [-0.3, -0.25) is 9.69 Å². The van der Waals surface area contributed by atoms with Crippen molar-refractivity contribution < 1.29 is 19.4 Å². The summed E-state index contributed by atoms with van der Waals surface area (Å²) in [6.45, 7) is 7.94. The van der Waals surface area contributed by atoms with E-state index in [2.05, 4.69) is 4.98 Å². The van der Waals surface area contributed by atoms with E-state index in [-0.39, 0.29) is 11.5 Å². The van der Waals surface area contributed by atoms with Crippen LogP contribution in [0.3, 0.4) is 0 Å². The summed E-state index contributed by atoms with van der Waals surface area (Å²) in [5.41, 5.74) is 6.40. The molecule has 2 heterocycles. The smallest absolute Gasteiger partial charge is 0.335 e. The first-order chi connectivity index (χ1) is 17.2. The summed E-state index contributed by atoms with van der Waals surface area (Å²) in [5, 5.41) is 10.3. The van der Waals surface area contributed by atoms with Gasteiger partial charge in [0, 0.05) is 11.1 Å². The summed E-state index contributed by atoms with van der Waals surface area (Å²) >= 11 is 1.40. The largest absolute Gasteiger partial charge is 0.478 e. The molecule has 0 fully saturated rings. The number of carbonyl (C=O) groups is 2. The third-order valence-electron chi connectivity index (χ3n) is 6.49. The lowest BCUT2D eigenvalue weighted by Gasteiger charge is -2.35. The maximum Gasteiger partial charge on any atom is 0.335 e. The van der Waals surface area contributed by atoms with Crippen LogP contribution in [0.25, 0.3) is 21.7 Å². The minimum absolute atomic E-state index is 0.115. The number of thiazole rings is 1. The monoisotopic (exact) mass is 498 g/mol. The quantitative estimate of drug-likeness (QED) is 0.348. The number of benzene rings is 3. The number of aromatic nitrogens is 1. The fourth-order valence-electron chi connectivity index (χ4n) is 4.37. The topological polar surface area (TPSA) is 79.7 Å². The normalized spacial score (nSPS) is 14.8. The number of hydrogen-bond acceptors (Lipinski definition) is 5. The maximum absolute atomic E-state index is 13.6. The molecule has 0 saturated carbocycles. The lowest BCUT2D eigenvalue weighted by Crippen LogP contribution is -2.44. The Morgan fingerprint density at radius 1 is 0.972 bits per heavy atom. The standard InChI is InChI=1S/C29H26N2O4S/c1-16-5-8-20(9-6-16)27-30-18(3)26(36-27)28(32)31-15-23-13-21(11-12-25(23)35-19(31)4)22-10-7-17(2)24(14-22)29(33)34/h5-14,19H,15H2,1-4H3,(H,33,34). The van der Waals surface area contributed by atoms with E-state index >= 15 is 0 Å². The number of nitrogens with zero attached hydrogens (tertiary/aromatic N) is 2. The van der Waals surface area contributed by atoms with Gasteiger partial charge in [-0.25, -0.2) is 9.78 Å². The van der Waals surface area contributed by atoms with E-state index in [0.717, 1.165) is 33.0 Å². The van der Waals surface area contributed by atoms with Gasteiger partial charge in [0.2, 0.25) is 0 Å². The molecule has 0 saturated heterocycles. The van der Waals surface area contributed by atoms with Gasteiger partial charge in [0.1, 0.15) is 15.6 Å². The van der Waals surface area contributed by atoms with Crippen molar-refractivity contribution in [3.63, 3.8) is 0 Å². The van der Waals surface area contributed by atoms with E-state index in [9.17, 15) is 14.7 Å². The highest BCUT2D eigenvalue weighted by atomic mass is 32.1. The van der Waals surface area contributed by atoms with Gasteiger partial charge < -0.3 is 9.84 Å². The molecule has 0 radical (unpaired) electrons. The Morgan fingerprint density at radius 2 is 1.64 bits per heavy atom. The van der Waals surface area contributed by atoms with Crippen molar-refractivity contribution in [1.29, 1.82) is 0 Å². The molecule has 1 atom stereocenters. The third-order valence-corrected chi connectivity index (χ3v) is 7.68. The van der Waals surface area contributed by atoms with E-state index in [0.29, 0.717) is 22.7 Å². The van der Waals surface area contributed by atoms with Crippen LogP contribution in [-0.2, 0) is 6.54 Å². The first kappa shape index (κ1) is 23.8. The predicted molar refractivity (Wildman–Crippen MR) is 141 cm³/mol. The molecule has 1 amide bonds. The summed E-state index contributed by atoms with van der Waals surface area (Å²) in [6, 6.07) is 19.3. The van der Waals surface area contributed by atoms with Crippen molar-refractivity contribution >= 4 is 23.2 Å². The van der Waals surface area contributed by atoms with Gasteiger partial charge in [0.05, 0.1) is 17.8 Å². The molecule has 1 N–H and O–H groups in total. The van der Waals surface area contributed by atoms with Crippen molar-refractivity contribution in [2.24, 2.45) is 0 Å². The molecular formula is C29H26N2O4S. The highest BCUT2D eigenvalue weighted by molar-refractivity contribution is 7.17. The van der Waals surface area contributed by atoms with Gasteiger partial charge in [-0.05, 0) is 62.6 Å². The number of amides is 1. The zero-order valence-corrected chi connectivity index (χ0v) is 21.3. The molecule has 5 rings (SSSR count). The van der Waals surface area contributed by atoms with Crippen molar-refractivity contribution in [3.8, 4) is 27.4 Å². The first-order valence-corrected chi connectivity index (χ1v) is 12.5. The Labute approximate surface area is 213 Å². The maximum atomic E-state index is 13.6. The van der Waals surface area contributed by atoms with Crippen LogP contribution >= 0.6 is 11.3 Å². The summed E-state index contributed by atoms with van der Waals surface area (Å²) in [7, 11) is 0. The van der Waals surface area contributed by atoms with E-state index in [1.165, 1.54) is 16.9 Å². The van der Waals surface area contributed by atoms with Gasteiger partial charge in [0.25, 0.3) is 5.91 Å². The van der Waals surface area contributed by atoms with Crippen molar-refractivity contribution in [2.45, 2.75) is 40.5 Å². The van der Waals surface area contributed by atoms with Crippen LogP contribution in [0.5, 0.6) is 5.75 Å². The van der Waals surface area contributed by atoms with E-state index in [1.807, 2.05) is 75.4 Å². The second-order valence-corrected chi connectivity index (χ2v) is 10.1. The molecular weight excluding hydrogens is 472 g/mol. The van der Waals surface area contributed by atoms with Gasteiger partial charge in [-0.15, -0.1) is 11.3 Å². The Bertz CT molecular complexity index is 1490. The molecule has 182 valence electrons. The lowest BCUT2D eigenvalue weighted by molar-refractivity contribution is 0.0144. The molecule has 36 heavy (non-hydrogen) atoms. The van der Waals surface area contributed by atoms with Crippen LogP contribution in [0.1, 0.15) is 49.3 Å². The first-order valence-electron chi connectivity index (χ1n) is 11.7. The number of ether oxygens (including phenoxy) is 1. The van der Waals surface area contributed by atoms with Crippen LogP contribution in [-0.4, -0.2) is 33.1 Å². The SMILES string of the molecule is Cc1ccc(-c2nc(C)c(C(=O)N3Cc4cc(-c5ccc(C)c(C(=O)O)c5)ccc4OC3C)s2)cc1. The molecule has 1 aliphatic heterocycles. The highest BCUT2D eigenvalue weighted by Crippen LogP contribution is 2.35. The summed E-state index contributed by atoms with van der Waals surface area (Å²) in [5.74, 6) is -0.344. The summed E-state index contributed by atoms with van der Waals surface area (Å²) in [4.78, 5) is 32.2. The van der Waals surface area contributed by atoms with Crippen LogP contribution in [0.15, 0.2) is 60.7 Å². The lowest BCUT2D eigenvalue weighted by atomic mass is 9.97. The van der Waals surface area contributed by atoms with Crippen molar-refractivity contribution in [1.82, 2.24) is 9.88 Å². The van der Waals surface area contributed by atoms with E-state index in [1.54, 1.807) is 17.9 Å². The van der Waals surface area contributed by atoms with Crippen molar-refractivity contribution in [3.05, 3.63) is 93.5 Å². The Balaban J connectivity index is 1.44. The number of carboxylic acids is 1. The van der Waals surface area contributed by atoms with E-state index in [4.69, 9.17) is 4.74 Å².